The zero-order chi connectivity index (χ0) is 30.3. The molecular formula is C31H33N7O5. The summed E-state index contributed by atoms with van der Waals surface area (Å²) in [6, 6.07) is 15.8. The number of aromatic amines is 2. The number of nitrogens with one attached hydrogen (secondary N) is 4. The van der Waals surface area contributed by atoms with E-state index in [1.807, 2.05) is 30.3 Å². The zero-order valence-corrected chi connectivity index (χ0v) is 23.9. The number of pyridine rings is 1. The van der Waals surface area contributed by atoms with E-state index in [2.05, 4.69) is 30.6 Å². The maximum Gasteiger partial charge on any atom is 0.332 e. The van der Waals surface area contributed by atoms with Crippen LogP contribution < -0.4 is 21.1 Å². The quantitative estimate of drug-likeness (QED) is 0.138. The Bertz CT molecular complexity index is 1790. The van der Waals surface area contributed by atoms with Crippen molar-refractivity contribution in [2.75, 3.05) is 14.2 Å². The predicted octanol–water partition coefficient (Wildman–Crippen LogP) is 3.99. The number of para-hydroxylation sites is 1. The lowest BCUT2D eigenvalue weighted by atomic mass is 10.1. The molecule has 43 heavy (non-hydrogen) atoms. The van der Waals surface area contributed by atoms with Gasteiger partial charge in [-0.15, -0.1) is 0 Å². The second-order valence-electron chi connectivity index (χ2n) is 10.1. The van der Waals surface area contributed by atoms with Crippen LogP contribution in [0.5, 0.6) is 11.8 Å². The number of ether oxygens (including phenoxy) is 1. The molecule has 5 aromatic rings. The average molecular weight is 584 g/mol. The third-order valence-corrected chi connectivity index (χ3v) is 7.19. The first kappa shape index (κ1) is 29.1. The monoisotopic (exact) mass is 583 g/mol. The van der Waals surface area contributed by atoms with E-state index >= 15 is 0 Å². The average Bonchev–Trinajstić information content (AvgIpc) is 3.65. The Kier molecular flexibility index (Phi) is 8.85. The number of fused-ring (bicyclic) bond motifs is 1. The molecule has 0 aliphatic carbocycles. The van der Waals surface area contributed by atoms with Gasteiger partial charge in [0.15, 0.2) is 0 Å². The van der Waals surface area contributed by atoms with Crippen LogP contribution in [0.15, 0.2) is 71.8 Å². The van der Waals surface area contributed by atoms with E-state index in [9.17, 15) is 19.5 Å². The van der Waals surface area contributed by atoms with Gasteiger partial charge in [-0.05, 0) is 49.2 Å². The van der Waals surface area contributed by atoms with Crippen LogP contribution >= 0.6 is 0 Å². The van der Waals surface area contributed by atoms with Crippen LogP contribution in [-0.2, 0) is 4.79 Å². The van der Waals surface area contributed by atoms with E-state index in [-0.39, 0.29) is 17.7 Å². The molecule has 12 heteroatoms. The van der Waals surface area contributed by atoms with Crippen molar-refractivity contribution < 1.29 is 19.4 Å². The summed E-state index contributed by atoms with van der Waals surface area (Å²) in [5.74, 6) is 0.474. The second kappa shape index (κ2) is 13.1. The summed E-state index contributed by atoms with van der Waals surface area (Å²) in [5, 5.41) is 16.2. The molecule has 0 fully saturated rings. The van der Waals surface area contributed by atoms with Gasteiger partial charge in [0.2, 0.25) is 17.7 Å². The maximum atomic E-state index is 13.3. The van der Waals surface area contributed by atoms with Gasteiger partial charge < -0.3 is 25.5 Å². The van der Waals surface area contributed by atoms with Gasteiger partial charge in [0.25, 0.3) is 5.91 Å². The molecule has 0 radical (unpaired) electrons. The molecule has 0 aliphatic heterocycles. The lowest BCUT2D eigenvalue weighted by Crippen LogP contribution is -2.29. The molecular weight excluding hydrogens is 550 g/mol. The first-order chi connectivity index (χ1) is 20.9. The number of unbranched alkanes of at least 4 members (excludes halogenated alkanes) is 2. The van der Waals surface area contributed by atoms with E-state index in [1.54, 1.807) is 44.6 Å². The molecule has 1 atom stereocenters. The van der Waals surface area contributed by atoms with Crippen LogP contribution in [0.4, 0.5) is 0 Å². The minimum atomic E-state index is -0.488. The Labute approximate surface area is 247 Å². The summed E-state index contributed by atoms with van der Waals surface area (Å²) < 4.78 is 6.82. The molecule has 0 bridgehead atoms. The van der Waals surface area contributed by atoms with E-state index in [0.29, 0.717) is 41.5 Å². The Balaban J connectivity index is 1.37. The molecule has 0 saturated heterocycles. The summed E-state index contributed by atoms with van der Waals surface area (Å²) in [6.07, 6.45) is 6.32. The van der Waals surface area contributed by atoms with Crippen LogP contribution in [0.25, 0.3) is 27.8 Å². The first-order valence-electron chi connectivity index (χ1n) is 14.0. The number of amides is 2. The van der Waals surface area contributed by atoms with Gasteiger partial charge in [-0.2, -0.15) is 0 Å². The van der Waals surface area contributed by atoms with E-state index in [0.717, 1.165) is 35.7 Å². The van der Waals surface area contributed by atoms with Crippen molar-refractivity contribution in [2.24, 2.45) is 0 Å². The van der Waals surface area contributed by atoms with Crippen LogP contribution in [0.2, 0.25) is 0 Å². The molecule has 0 saturated carbocycles. The minimum Gasteiger partial charge on any atom is -0.493 e. The number of hydrogen-bond acceptors (Lipinski definition) is 7. The SMILES string of the molecule is CNC(=O)CCCCC[C@H](NC(=O)c1ccc(-n2cc(O)[nH]c2=O)cc1)c1ncc(-c2cc3ccccc3nc2OC)[nH]1. The minimum absolute atomic E-state index is 0.000896. The fraction of sp³-hybridized carbons (Fsp3) is 0.258. The Morgan fingerprint density at radius 3 is 2.58 bits per heavy atom. The highest BCUT2D eigenvalue weighted by Crippen LogP contribution is 2.31. The lowest BCUT2D eigenvalue weighted by Gasteiger charge is -2.17. The number of methoxy groups -OCH3 is 1. The van der Waals surface area contributed by atoms with E-state index < -0.39 is 11.7 Å². The predicted molar refractivity (Wildman–Crippen MR) is 161 cm³/mol. The summed E-state index contributed by atoms with van der Waals surface area (Å²) >= 11 is 0. The summed E-state index contributed by atoms with van der Waals surface area (Å²) in [4.78, 5) is 51.8. The third-order valence-electron chi connectivity index (χ3n) is 7.19. The molecule has 3 heterocycles. The standard InChI is InChI=1S/C31H33N7O5/c1-32-26(39)11-5-3-4-10-24(35-29(41)19-12-14-21(15-13-19)38-18-27(40)37-31(38)42)28-33-17-25(34-28)22-16-20-8-6-7-9-23(20)36-30(22)43-2/h6-9,12-18,24,40H,3-5,10-11H2,1-2H3,(H,32,39)(H,33,34)(H,35,41)(H,37,42)/t24-/m0/s1. The highest BCUT2D eigenvalue weighted by atomic mass is 16.5. The highest BCUT2D eigenvalue weighted by Gasteiger charge is 2.21. The van der Waals surface area contributed by atoms with Gasteiger partial charge in [-0.1, -0.05) is 31.0 Å². The van der Waals surface area contributed by atoms with Crippen LogP contribution in [-0.4, -0.2) is 55.6 Å². The number of imidazole rings is 2. The highest BCUT2D eigenvalue weighted by molar-refractivity contribution is 5.94. The van der Waals surface area contributed by atoms with E-state index in [4.69, 9.17) is 4.74 Å². The van der Waals surface area contributed by atoms with Crippen molar-refractivity contribution in [3.63, 3.8) is 0 Å². The fourth-order valence-electron chi connectivity index (χ4n) is 4.90. The number of aromatic nitrogens is 5. The molecule has 0 unspecified atom stereocenters. The van der Waals surface area contributed by atoms with Gasteiger partial charge in [0, 0.05) is 24.4 Å². The second-order valence-corrected chi connectivity index (χ2v) is 10.1. The lowest BCUT2D eigenvalue weighted by molar-refractivity contribution is -0.120. The fourth-order valence-corrected chi connectivity index (χ4v) is 4.90. The van der Waals surface area contributed by atoms with Crippen LogP contribution in [0.1, 0.15) is 54.3 Å². The molecule has 0 aliphatic rings. The van der Waals surface area contributed by atoms with Gasteiger partial charge in [-0.25, -0.2) is 14.8 Å². The topological polar surface area (TPSA) is 167 Å². The Morgan fingerprint density at radius 1 is 1.07 bits per heavy atom. The molecule has 2 aromatic carbocycles. The number of aromatic hydroxyl groups is 1. The molecule has 5 rings (SSSR count). The molecule has 0 spiro atoms. The van der Waals surface area contributed by atoms with Crippen molar-refractivity contribution in [3.8, 4) is 28.7 Å². The summed E-state index contributed by atoms with van der Waals surface area (Å²) in [6.45, 7) is 0. The van der Waals surface area contributed by atoms with Crippen molar-refractivity contribution in [1.29, 1.82) is 0 Å². The van der Waals surface area contributed by atoms with Crippen LogP contribution in [0, 0.1) is 0 Å². The molecule has 222 valence electrons. The van der Waals surface area contributed by atoms with Crippen molar-refractivity contribution in [1.82, 2.24) is 35.1 Å². The van der Waals surface area contributed by atoms with Crippen molar-refractivity contribution >= 4 is 22.7 Å². The molecule has 12 nitrogen and oxygen atoms in total. The van der Waals surface area contributed by atoms with Gasteiger partial charge in [-0.3, -0.25) is 19.1 Å². The molecule has 2 amide bonds. The molecule has 5 N–H and O–H groups in total. The first-order valence-corrected chi connectivity index (χ1v) is 14.0. The van der Waals surface area contributed by atoms with Gasteiger partial charge >= 0.3 is 5.69 Å². The number of H-pyrrole nitrogens is 2. The largest absolute Gasteiger partial charge is 0.493 e. The van der Waals surface area contributed by atoms with Crippen LogP contribution in [0.3, 0.4) is 0 Å². The summed E-state index contributed by atoms with van der Waals surface area (Å²) in [5.41, 5.74) is 2.67. The van der Waals surface area contributed by atoms with Crippen molar-refractivity contribution in [2.45, 2.75) is 38.1 Å². The van der Waals surface area contributed by atoms with Gasteiger partial charge in [0.1, 0.15) is 5.82 Å². The normalized spacial score (nSPS) is 11.8. The smallest absolute Gasteiger partial charge is 0.332 e. The third kappa shape index (κ3) is 6.75. The number of carbonyl (C=O) groups is 2. The number of hydrogen-bond donors (Lipinski definition) is 5. The van der Waals surface area contributed by atoms with Gasteiger partial charge in [0.05, 0.1) is 48.0 Å². The number of carbonyl (C=O) groups excluding carboxylic acids is 2. The van der Waals surface area contributed by atoms with E-state index in [1.165, 1.54) is 10.8 Å². The zero-order valence-electron chi connectivity index (χ0n) is 23.9. The Hall–Kier alpha value is -5.39. The maximum absolute atomic E-state index is 13.3. The summed E-state index contributed by atoms with van der Waals surface area (Å²) in [7, 11) is 3.19. The number of benzene rings is 2. The number of rotatable bonds is 12. The van der Waals surface area contributed by atoms with Crippen molar-refractivity contribution in [3.05, 3.63) is 88.9 Å². The molecule has 3 aromatic heterocycles. The Morgan fingerprint density at radius 2 is 1.86 bits per heavy atom. The number of nitrogens with zero attached hydrogens (tertiary/aromatic N) is 3.